The molecule has 0 N–H and O–H groups in total. The molecule has 23 heavy (non-hydrogen) atoms. The van der Waals surface area contributed by atoms with Crippen LogP contribution in [-0.4, -0.2) is 19.8 Å². The molecule has 0 radical (unpaired) electrons. The van der Waals surface area contributed by atoms with Gasteiger partial charge in [-0.1, -0.05) is 30.3 Å². The largest absolute Gasteiger partial charge is 0.491 e. The van der Waals surface area contributed by atoms with Crippen LogP contribution in [0.25, 0.3) is 0 Å². The number of rotatable bonds is 4. The Labute approximate surface area is 135 Å². The monoisotopic (exact) mass is 331 g/mol. The quantitative estimate of drug-likeness (QED) is 0.861. The van der Waals surface area contributed by atoms with Crippen LogP contribution in [0, 0.1) is 0 Å². The highest BCUT2D eigenvalue weighted by Crippen LogP contribution is 2.37. The summed E-state index contributed by atoms with van der Waals surface area (Å²) < 4.78 is 30.2. The van der Waals surface area contributed by atoms with Crippen molar-refractivity contribution in [2.75, 3.05) is 4.90 Å². The Balaban J connectivity index is 2.00. The second-order valence-corrected chi connectivity index (χ2v) is 7.39. The normalized spacial score (nSPS) is 15.8. The molecule has 0 aliphatic carbocycles. The molecule has 0 bridgehead atoms. The smallest absolute Gasteiger partial charge is 0.348 e. The molecule has 0 unspecified atom stereocenters. The Morgan fingerprint density at radius 2 is 1.70 bits per heavy atom. The van der Waals surface area contributed by atoms with Gasteiger partial charge in [0.05, 0.1) is 18.3 Å². The Bertz CT molecular complexity index is 858. The number of carbonyl (C=O) groups is 1. The third-order valence-corrected chi connectivity index (χ3v) is 5.16. The SMILES string of the molecule is CC(C)Oc1ccccc1CN1C(=O)S(=O)(=O)c2ccccc21. The number of nitrogens with zero attached hydrogens (tertiary/aromatic N) is 1. The number of amides is 1. The van der Waals surface area contributed by atoms with Crippen LogP contribution in [0.5, 0.6) is 5.75 Å². The molecule has 1 aliphatic heterocycles. The predicted octanol–water partition coefficient (Wildman–Crippen LogP) is 3.39. The van der Waals surface area contributed by atoms with E-state index in [1.54, 1.807) is 18.2 Å². The molecule has 1 aliphatic rings. The molecule has 1 heterocycles. The lowest BCUT2D eigenvalue weighted by atomic mass is 10.1. The first-order valence-corrected chi connectivity index (χ1v) is 8.80. The maximum atomic E-state index is 12.3. The van der Waals surface area contributed by atoms with Crippen molar-refractivity contribution in [2.45, 2.75) is 31.4 Å². The second kappa shape index (κ2) is 5.70. The van der Waals surface area contributed by atoms with Crippen molar-refractivity contribution < 1.29 is 17.9 Å². The molecule has 5 nitrogen and oxygen atoms in total. The van der Waals surface area contributed by atoms with Gasteiger partial charge in [-0.25, -0.2) is 8.42 Å². The van der Waals surface area contributed by atoms with Crippen LogP contribution in [0.1, 0.15) is 19.4 Å². The van der Waals surface area contributed by atoms with Crippen molar-refractivity contribution in [1.29, 1.82) is 0 Å². The minimum absolute atomic E-state index is 0.0125. The third-order valence-electron chi connectivity index (χ3n) is 3.56. The van der Waals surface area contributed by atoms with E-state index in [1.807, 2.05) is 38.1 Å². The fourth-order valence-electron chi connectivity index (χ4n) is 2.57. The van der Waals surface area contributed by atoms with E-state index in [9.17, 15) is 13.2 Å². The van der Waals surface area contributed by atoms with Gasteiger partial charge < -0.3 is 4.74 Å². The fraction of sp³-hybridized carbons (Fsp3) is 0.235. The maximum Gasteiger partial charge on any atom is 0.348 e. The second-order valence-electron chi connectivity index (χ2n) is 5.60. The maximum absolute atomic E-state index is 12.3. The molecule has 0 saturated heterocycles. The van der Waals surface area contributed by atoms with Gasteiger partial charge in [-0.2, -0.15) is 0 Å². The van der Waals surface area contributed by atoms with E-state index in [0.717, 1.165) is 5.56 Å². The average molecular weight is 331 g/mol. The van der Waals surface area contributed by atoms with Crippen molar-refractivity contribution in [2.24, 2.45) is 0 Å². The number of benzene rings is 2. The van der Waals surface area contributed by atoms with E-state index in [1.165, 1.54) is 11.0 Å². The van der Waals surface area contributed by atoms with Gasteiger partial charge in [-0.15, -0.1) is 0 Å². The Kier molecular flexibility index (Phi) is 3.85. The van der Waals surface area contributed by atoms with Gasteiger partial charge in [0, 0.05) is 5.56 Å². The zero-order valence-corrected chi connectivity index (χ0v) is 13.7. The molecule has 2 aromatic rings. The molecule has 2 aromatic carbocycles. The summed E-state index contributed by atoms with van der Waals surface area (Å²) in [4.78, 5) is 13.7. The molecule has 3 rings (SSSR count). The fourth-order valence-corrected chi connectivity index (χ4v) is 3.92. The molecule has 0 atom stereocenters. The molecule has 0 aromatic heterocycles. The molecule has 120 valence electrons. The van der Waals surface area contributed by atoms with E-state index in [2.05, 4.69) is 0 Å². The summed E-state index contributed by atoms with van der Waals surface area (Å²) in [5.41, 5.74) is 1.18. The predicted molar refractivity (Wildman–Crippen MR) is 87.4 cm³/mol. The van der Waals surface area contributed by atoms with Crippen LogP contribution in [0.4, 0.5) is 10.5 Å². The summed E-state index contributed by atoms with van der Waals surface area (Å²) in [6.45, 7) is 3.98. The minimum atomic E-state index is -3.94. The lowest BCUT2D eigenvalue weighted by Gasteiger charge is -2.19. The number of carbonyl (C=O) groups excluding carboxylic acids is 1. The van der Waals surface area contributed by atoms with E-state index in [0.29, 0.717) is 11.4 Å². The van der Waals surface area contributed by atoms with Crippen LogP contribution in [0.3, 0.4) is 0 Å². The van der Waals surface area contributed by atoms with Crippen molar-refractivity contribution in [3.05, 3.63) is 54.1 Å². The van der Waals surface area contributed by atoms with Crippen molar-refractivity contribution >= 4 is 20.8 Å². The first-order valence-electron chi connectivity index (χ1n) is 7.31. The number of hydrogen-bond donors (Lipinski definition) is 0. The lowest BCUT2D eigenvalue weighted by Crippen LogP contribution is -2.28. The highest BCUT2D eigenvalue weighted by Gasteiger charge is 2.41. The number of ether oxygens (including phenoxy) is 1. The van der Waals surface area contributed by atoms with Gasteiger partial charge in [0.2, 0.25) is 0 Å². The van der Waals surface area contributed by atoms with E-state index in [4.69, 9.17) is 4.74 Å². The van der Waals surface area contributed by atoms with Crippen LogP contribution in [0.2, 0.25) is 0 Å². The summed E-state index contributed by atoms with van der Waals surface area (Å²) in [5.74, 6) is 0.650. The number of hydrogen-bond acceptors (Lipinski definition) is 4. The van der Waals surface area contributed by atoms with Crippen LogP contribution >= 0.6 is 0 Å². The summed E-state index contributed by atoms with van der Waals surface area (Å²) in [7, 11) is -3.94. The zero-order chi connectivity index (χ0) is 16.6. The molecule has 6 heteroatoms. The van der Waals surface area contributed by atoms with Gasteiger partial charge in [0.15, 0.2) is 0 Å². The van der Waals surface area contributed by atoms with E-state index in [-0.39, 0.29) is 17.5 Å². The van der Waals surface area contributed by atoms with Crippen molar-refractivity contribution in [3.63, 3.8) is 0 Å². The van der Waals surface area contributed by atoms with Crippen LogP contribution in [-0.2, 0) is 16.4 Å². The number of sulfone groups is 1. The molecular weight excluding hydrogens is 314 g/mol. The summed E-state index contributed by atoms with van der Waals surface area (Å²) in [5, 5.41) is -0.891. The average Bonchev–Trinajstić information content (AvgIpc) is 2.70. The highest BCUT2D eigenvalue weighted by molar-refractivity contribution is 8.07. The summed E-state index contributed by atoms with van der Waals surface area (Å²) >= 11 is 0. The van der Waals surface area contributed by atoms with E-state index < -0.39 is 15.1 Å². The van der Waals surface area contributed by atoms with E-state index >= 15 is 0 Å². The molecule has 0 spiro atoms. The van der Waals surface area contributed by atoms with Gasteiger partial charge in [-0.05, 0) is 32.0 Å². The van der Waals surface area contributed by atoms with Crippen molar-refractivity contribution in [1.82, 2.24) is 0 Å². The molecule has 0 saturated carbocycles. The Morgan fingerprint density at radius 1 is 1.04 bits per heavy atom. The zero-order valence-electron chi connectivity index (χ0n) is 12.9. The molecular formula is C17H17NO4S. The first kappa shape index (κ1) is 15.6. The van der Waals surface area contributed by atoms with Crippen LogP contribution < -0.4 is 9.64 Å². The topological polar surface area (TPSA) is 63.7 Å². The van der Waals surface area contributed by atoms with Crippen LogP contribution in [0.15, 0.2) is 53.4 Å². The highest BCUT2D eigenvalue weighted by atomic mass is 32.2. The number of fused-ring (bicyclic) bond motifs is 1. The number of anilines is 1. The minimum Gasteiger partial charge on any atom is -0.491 e. The van der Waals surface area contributed by atoms with Crippen molar-refractivity contribution in [3.8, 4) is 5.75 Å². The summed E-state index contributed by atoms with van der Waals surface area (Å²) in [6, 6.07) is 13.8. The van der Waals surface area contributed by atoms with Gasteiger partial charge in [0.1, 0.15) is 10.6 Å². The Hall–Kier alpha value is -2.34. The van der Waals surface area contributed by atoms with Gasteiger partial charge in [-0.3, -0.25) is 9.69 Å². The van der Waals surface area contributed by atoms with Gasteiger partial charge in [0.25, 0.3) is 9.84 Å². The standard InChI is InChI=1S/C17H17NO4S/c1-12(2)22-15-9-5-3-7-13(15)11-18-14-8-4-6-10-16(14)23(20,21)17(18)19/h3-10,12H,11H2,1-2H3. The first-order chi connectivity index (χ1) is 10.9. The Morgan fingerprint density at radius 3 is 2.43 bits per heavy atom. The number of para-hydroxylation sites is 2. The lowest BCUT2D eigenvalue weighted by molar-refractivity contribution is 0.239. The molecule has 1 amide bonds. The third kappa shape index (κ3) is 2.70. The molecule has 0 fully saturated rings. The van der Waals surface area contributed by atoms with Gasteiger partial charge >= 0.3 is 5.24 Å². The summed E-state index contributed by atoms with van der Waals surface area (Å²) in [6.07, 6.45) is -0.0125.